The first-order valence-corrected chi connectivity index (χ1v) is 8.95. The number of carbonyl (C=O) groups excluding carboxylic acids is 1. The number of thiazole rings is 1. The van der Waals surface area contributed by atoms with E-state index in [0.29, 0.717) is 15.4 Å². The van der Waals surface area contributed by atoms with E-state index in [4.69, 9.17) is 0 Å². The number of aryl methyl sites for hydroxylation is 2. The molecule has 0 spiro atoms. The van der Waals surface area contributed by atoms with Crippen molar-refractivity contribution >= 4 is 22.4 Å². The van der Waals surface area contributed by atoms with Crippen LogP contribution in [0.3, 0.4) is 0 Å². The lowest BCUT2D eigenvalue weighted by atomic mass is 10.1. The molecule has 0 aliphatic carbocycles. The van der Waals surface area contributed by atoms with Crippen LogP contribution in [0.1, 0.15) is 34.1 Å². The summed E-state index contributed by atoms with van der Waals surface area (Å²) in [6.07, 6.45) is 4.76. The lowest BCUT2D eigenvalue weighted by Gasteiger charge is -2.02. The second-order valence-electron chi connectivity index (χ2n) is 5.78. The summed E-state index contributed by atoms with van der Waals surface area (Å²) in [7, 11) is 0. The molecule has 0 saturated carbocycles. The third-order valence-electron chi connectivity index (χ3n) is 3.82. The number of nitrogens with zero attached hydrogens (tertiary/aromatic N) is 2. The Hall–Kier alpha value is -2.73. The maximum absolute atomic E-state index is 12.2. The number of rotatable bonds is 5. The van der Waals surface area contributed by atoms with Gasteiger partial charge in [0.2, 0.25) is 0 Å². The zero-order valence-corrected chi connectivity index (χ0v) is 15.0. The Kier molecular flexibility index (Phi) is 5.09. The minimum absolute atomic E-state index is 0.302. The largest absolute Gasteiger partial charge is 0.619 e. The van der Waals surface area contributed by atoms with E-state index < -0.39 is 0 Å². The Bertz CT molecular complexity index is 888. The van der Waals surface area contributed by atoms with E-state index in [1.165, 1.54) is 35.4 Å². The van der Waals surface area contributed by atoms with Gasteiger partial charge in [0.05, 0.1) is 5.69 Å². The Morgan fingerprint density at radius 3 is 2.72 bits per heavy atom. The molecule has 128 valence electrons. The van der Waals surface area contributed by atoms with E-state index in [9.17, 15) is 10.0 Å². The average Bonchev–Trinajstić information content (AvgIpc) is 2.96. The third kappa shape index (κ3) is 4.03. The molecule has 5 nitrogen and oxygen atoms in total. The van der Waals surface area contributed by atoms with Gasteiger partial charge in [-0.05, 0) is 25.0 Å². The lowest BCUT2D eigenvalue weighted by Crippen LogP contribution is -2.27. The van der Waals surface area contributed by atoms with Crippen molar-refractivity contribution in [2.75, 3.05) is 5.32 Å². The smallest absolute Gasteiger partial charge is 0.263 e. The third-order valence-corrected chi connectivity index (χ3v) is 4.71. The van der Waals surface area contributed by atoms with Gasteiger partial charge in [-0.2, -0.15) is 4.73 Å². The minimum atomic E-state index is -0.344. The van der Waals surface area contributed by atoms with Gasteiger partial charge in [-0.3, -0.25) is 10.1 Å². The first kappa shape index (κ1) is 17.1. The van der Waals surface area contributed by atoms with Gasteiger partial charge in [0.1, 0.15) is 5.56 Å². The molecule has 6 heteroatoms. The number of nitrogens with one attached hydrogen (secondary N) is 1. The van der Waals surface area contributed by atoms with E-state index in [0.717, 1.165) is 29.0 Å². The van der Waals surface area contributed by atoms with Gasteiger partial charge in [0.15, 0.2) is 17.5 Å². The molecule has 0 atom stereocenters. The van der Waals surface area contributed by atoms with E-state index >= 15 is 0 Å². The van der Waals surface area contributed by atoms with Crippen molar-refractivity contribution in [3.63, 3.8) is 0 Å². The molecular weight excluding hydrogens is 334 g/mol. The highest BCUT2D eigenvalue weighted by Crippen LogP contribution is 2.30. The summed E-state index contributed by atoms with van der Waals surface area (Å²) in [5.74, 6) is -0.344. The van der Waals surface area contributed by atoms with Crippen molar-refractivity contribution in [2.24, 2.45) is 0 Å². The highest BCUT2D eigenvalue weighted by Gasteiger charge is 2.14. The first-order valence-electron chi connectivity index (χ1n) is 8.13. The van der Waals surface area contributed by atoms with Gasteiger partial charge in [-0.25, -0.2) is 4.98 Å². The van der Waals surface area contributed by atoms with Crippen LogP contribution in [0.25, 0.3) is 11.3 Å². The fourth-order valence-corrected chi connectivity index (χ4v) is 3.42. The molecule has 0 bridgehead atoms. The number of hydrogen-bond donors (Lipinski definition) is 1. The number of carbonyl (C=O) groups is 1. The molecule has 0 unspecified atom stereocenters. The molecular formula is C19H19N3O2S. The molecule has 2 heterocycles. The number of aromatic nitrogens is 2. The van der Waals surface area contributed by atoms with E-state index in [2.05, 4.69) is 41.5 Å². The van der Waals surface area contributed by atoms with Gasteiger partial charge in [-0.1, -0.05) is 37.6 Å². The van der Waals surface area contributed by atoms with Gasteiger partial charge < -0.3 is 5.21 Å². The standard InChI is InChI=1S/C19H19N3O2S/c1-3-5-14-7-9-15(10-8-14)17-13(2)25-19(20-17)21-18(23)16-6-4-11-22(24)12-16/h4,6-12H,3,5H2,1-2H3,(H,20,21,23). The number of anilines is 1. The van der Waals surface area contributed by atoms with Crippen LogP contribution >= 0.6 is 11.3 Å². The normalized spacial score (nSPS) is 10.6. The predicted molar refractivity (Wildman–Crippen MR) is 99.6 cm³/mol. The van der Waals surface area contributed by atoms with Crippen LogP contribution in [0.15, 0.2) is 48.8 Å². The summed E-state index contributed by atoms with van der Waals surface area (Å²) in [6.45, 7) is 4.14. The fraction of sp³-hybridized carbons (Fsp3) is 0.211. The summed E-state index contributed by atoms with van der Waals surface area (Å²) in [5.41, 5.74) is 3.51. The van der Waals surface area contributed by atoms with Crippen LogP contribution in [0, 0.1) is 12.1 Å². The molecule has 0 aliphatic heterocycles. The van der Waals surface area contributed by atoms with Crippen LogP contribution in [0.4, 0.5) is 5.13 Å². The van der Waals surface area contributed by atoms with E-state index in [-0.39, 0.29) is 5.91 Å². The number of benzene rings is 1. The lowest BCUT2D eigenvalue weighted by molar-refractivity contribution is -0.605. The van der Waals surface area contributed by atoms with Crippen LogP contribution in [-0.2, 0) is 6.42 Å². The molecule has 0 radical (unpaired) electrons. The molecule has 0 fully saturated rings. The highest BCUT2D eigenvalue weighted by atomic mass is 32.1. The van der Waals surface area contributed by atoms with Crippen LogP contribution in [-0.4, -0.2) is 10.9 Å². The Morgan fingerprint density at radius 1 is 1.28 bits per heavy atom. The Balaban J connectivity index is 1.79. The summed E-state index contributed by atoms with van der Waals surface area (Å²) in [5, 5.41) is 14.6. The van der Waals surface area contributed by atoms with Crippen molar-refractivity contribution in [1.82, 2.24) is 4.98 Å². The van der Waals surface area contributed by atoms with Crippen molar-refractivity contribution in [3.8, 4) is 11.3 Å². The maximum atomic E-state index is 12.2. The van der Waals surface area contributed by atoms with Gasteiger partial charge in [-0.15, -0.1) is 11.3 Å². The molecule has 1 N–H and O–H groups in total. The second kappa shape index (κ2) is 7.44. The monoisotopic (exact) mass is 353 g/mol. The molecule has 2 aromatic heterocycles. The van der Waals surface area contributed by atoms with Crippen molar-refractivity contribution in [2.45, 2.75) is 26.7 Å². The summed E-state index contributed by atoms with van der Waals surface area (Å²) in [6, 6.07) is 11.5. The summed E-state index contributed by atoms with van der Waals surface area (Å²) >= 11 is 1.42. The van der Waals surface area contributed by atoms with Crippen LogP contribution < -0.4 is 10.0 Å². The van der Waals surface area contributed by atoms with Gasteiger partial charge >= 0.3 is 0 Å². The molecule has 0 aliphatic rings. The second-order valence-corrected chi connectivity index (χ2v) is 6.98. The topological polar surface area (TPSA) is 68.9 Å². The average molecular weight is 353 g/mol. The van der Waals surface area contributed by atoms with Crippen molar-refractivity contribution < 1.29 is 9.52 Å². The SMILES string of the molecule is CCCc1ccc(-c2nc(NC(=O)c3ccc[n+]([O-])c3)sc2C)cc1. The first-order chi connectivity index (χ1) is 12.1. The summed E-state index contributed by atoms with van der Waals surface area (Å²) in [4.78, 5) is 17.8. The molecule has 0 saturated heterocycles. The zero-order valence-electron chi connectivity index (χ0n) is 14.2. The van der Waals surface area contributed by atoms with Crippen LogP contribution in [0.2, 0.25) is 0 Å². The van der Waals surface area contributed by atoms with Gasteiger partial charge in [0.25, 0.3) is 5.91 Å². The molecule has 1 aromatic carbocycles. The minimum Gasteiger partial charge on any atom is -0.619 e. The maximum Gasteiger partial charge on any atom is 0.263 e. The Labute approximate surface area is 150 Å². The number of amides is 1. The van der Waals surface area contributed by atoms with E-state index in [1.54, 1.807) is 6.07 Å². The number of hydrogen-bond acceptors (Lipinski definition) is 4. The highest BCUT2D eigenvalue weighted by molar-refractivity contribution is 7.16. The van der Waals surface area contributed by atoms with Crippen molar-refractivity contribution in [1.29, 1.82) is 0 Å². The summed E-state index contributed by atoms with van der Waals surface area (Å²) < 4.78 is 0.602. The van der Waals surface area contributed by atoms with Gasteiger partial charge in [0, 0.05) is 16.5 Å². The number of pyridine rings is 1. The molecule has 3 rings (SSSR count). The quantitative estimate of drug-likeness (QED) is 0.558. The predicted octanol–water partition coefficient (Wildman–Crippen LogP) is 3.96. The molecule has 1 amide bonds. The van der Waals surface area contributed by atoms with Crippen LogP contribution in [0.5, 0.6) is 0 Å². The van der Waals surface area contributed by atoms with Crippen molar-refractivity contribution in [3.05, 3.63) is 70.0 Å². The molecule has 25 heavy (non-hydrogen) atoms. The zero-order chi connectivity index (χ0) is 17.8. The van der Waals surface area contributed by atoms with E-state index in [1.807, 2.05) is 6.92 Å². The fourth-order valence-electron chi connectivity index (χ4n) is 2.59. The Morgan fingerprint density at radius 2 is 2.04 bits per heavy atom. The molecule has 3 aromatic rings.